The summed E-state index contributed by atoms with van der Waals surface area (Å²) in [6.07, 6.45) is 2.05. The number of amides is 2. The molecular formula is C21H23BrN2O6. The Morgan fingerprint density at radius 2 is 1.80 bits per heavy atom. The average molecular weight is 479 g/mol. The molecule has 9 heteroatoms. The molecule has 8 nitrogen and oxygen atoms in total. The third-order valence-electron chi connectivity index (χ3n) is 6.61. The number of anilines is 1. The third kappa shape index (κ3) is 2.90. The number of fused-ring (bicyclic) bond motifs is 3. The molecular weight excluding hydrogens is 456 g/mol. The maximum atomic E-state index is 13.6. The predicted molar refractivity (Wildman–Crippen MR) is 109 cm³/mol. The Morgan fingerprint density at radius 1 is 1.10 bits per heavy atom. The summed E-state index contributed by atoms with van der Waals surface area (Å²) in [7, 11) is 2.48. The number of nitrogens with zero attached hydrogens (tertiary/aromatic N) is 2. The van der Waals surface area contributed by atoms with Crippen molar-refractivity contribution in [1.82, 2.24) is 4.90 Å². The van der Waals surface area contributed by atoms with Crippen LogP contribution in [-0.4, -0.2) is 61.0 Å². The van der Waals surface area contributed by atoms with Crippen molar-refractivity contribution >= 4 is 45.4 Å². The van der Waals surface area contributed by atoms with Crippen molar-refractivity contribution in [3.63, 3.8) is 0 Å². The maximum absolute atomic E-state index is 13.6. The largest absolute Gasteiger partial charge is 0.469 e. The van der Waals surface area contributed by atoms with E-state index in [1.165, 1.54) is 14.2 Å². The van der Waals surface area contributed by atoms with E-state index in [1.54, 1.807) is 24.3 Å². The van der Waals surface area contributed by atoms with Gasteiger partial charge in [-0.2, -0.15) is 0 Å². The molecule has 1 aromatic rings. The van der Waals surface area contributed by atoms with Crippen LogP contribution in [0.1, 0.15) is 25.7 Å². The number of hydrogen-bond acceptors (Lipinski definition) is 7. The molecule has 30 heavy (non-hydrogen) atoms. The van der Waals surface area contributed by atoms with Gasteiger partial charge in [0, 0.05) is 10.5 Å². The summed E-state index contributed by atoms with van der Waals surface area (Å²) in [5, 5.41) is 0. The van der Waals surface area contributed by atoms with Crippen LogP contribution in [0.3, 0.4) is 0 Å². The van der Waals surface area contributed by atoms with Gasteiger partial charge < -0.3 is 9.47 Å². The first kappa shape index (κ1) is 21.0. The van der Waals surface area contributed by atoms with E-state index >= 15 is 0 Å². The van der Waals surface area contributed by atoms with Crippen molar-refractivity contribution in [2.45, 2.75) is 37.3 Å². The molecule has 3 aliphatic rings. The lowest BCUT2D eigenvalue weighted by molar-refractivity contribution is -0.166. The summed E-state index contributed by atoms with van der Waals surface area (Å²) in [6.45, 7) is 0.516. The van der Waals surface area contributed by atoms with Gasteiger partial charge in [0.05, 0.1) is 38.2 Å². The highest BCUT2D eigenvalue weighted by atomic mass is 79.9. The summed E-state index contributed by atoms with van der Waals surface area (Å²) < 4.78 is 10.8. The standard InChI is InChI=1S/C21H23BrN2O6/c1-29-15(25)11-21(20(28)30-2)17-16(14-5-3-4-10-23(14)21)18(26)24(19(17)27)13-8-6-12(22)7-9-13/h6-9,14,16-17H,3-5,10-11H2,1-2H3/t14-,16+,17-,21+/m0/s1. The van der Waals surface area contributed by atoms with Crippen molar-refractivity contribution in [3.8, 4) is 0 Å². The quantitative estimate of drug-likeness (QED) is 0.481. The highest BCUT2D eigenvalue weighted by Gasteiger charge is 2.72. The van der Waals surface area contributed by atoms with Gasteiger partial charge in [-0.3, -0.25) is 24.1 Å². The summed E-state index contributed by atoms with van der Waals surface area (Å²) in [6, 6.07) is 6.56. The monoisotopic (exact) mass is 478 g/mol. The molecule has 3 fully saturated rings. The highest BCUT2D eigenvalue weighted by Crippen LogP contribution is 2.54. The van der Waals surface area contributed by atoms with Gasteiger partial charge in [-0.15, -0.1) is 0 Å². The molecule has 0 aromatic heterocycles. The van der Waals surface area contributed by atoms with Crippen molar-refractivity contribution in [2.24, 2.45) is 11.8 Å². The number of ether oxygens (including phenoxy) is 2. The molecule has 3 aliphatic heterocycles. The van der Waals surface area contributed by atoms with Crippen LogP contribution >= 0.6 is 15.9 Å². The average Bonchev–Trinajstić information content (AvgIpc) is 3.19. The van der Waals surface area contributed by atoms with Crippen molar-refractivity contribution < 1.29 is 28.7 Å². The molecule has 0 N–H and O–H groups in total. The lowest BCUT2D eigenvalue weighted by Gasteiger charge is -2.42. The van der Waals surface area contributed by atoms with Gasteiger partial charge >= 0.3 is 11.9 Å². The maximum Gasteiger partial charge on any atom is 0.327 e. The van der Waals surface area contributed by atoms with E-state index in [0.717, 1.165) is 22.2 Å². The Balaban J connectivity index is 1.85. The number of esters is 2. The third-order valence-corrected chi connectivity index (χ3v) is 7.14. The molecule has 0 unspecified atom stereocenters. The van der Waals surface area contributed by atoms with Gasteiger partial charge in [0.2, 0.25) is 11.8 Å². The first-order chi connectivity index (χ1) is 14.4. The second-order valence-corrected chi connectivity index (χ2v) is 8.83. The Kier molecular flexibility index (Phi) is 5.44. The van der Waals surface area contributed by atoms with Gasteiger partial charge in [-0.1, -0.05) is 22.4 Å². The van der Waals surface area contributed by atoms with Crippen LogP contribution < -0.4 is 4.90 Å². The fourth-order valence-electron chi connectivity index (χ4n) is 5.43. The van der Waals surface area contributed by atoms with E-state index in [-0.39, 0.29) is 18.4 Å². The molecule has 4 rings (SSSR count). The number of hydrogen-bond donors (Lipinski definition) is 0. The number of imide groups is 1. The van der Waals surface area contributed by atoms with Crippen LogP contribution in [-0.2, 0) is 28.7 Å². The van der Waals surface area contributed by atoms with Crippen molar-refractivity contribution in [1.29, 1.82) is 0 Å². The van der Waals surface area contributed by atoms with Gasteiger partial charge in [0.25, 0.3) is 0 Å². The van der Waals surface area contributed by atoms with E-state index in [1.807, 2.05) is 4.90 Å². The lowest BCUT2D eigenvalue weighted by atomic mass is 9.77. The van der Waals surface area contributed by atoms with E-state index in [2.05, 4.69) is 15.9 Å². The van der Waals surface area contributed by atoms with Gasteiger partial charge in [-0.25, -0.2) is 4.90 Å². The number of benzene rings is 1. The molecule has 0 saturated carbocycles. The molecule has 1 aromatic carbocycles. The minimum Gasteiger partial charge on any atom is -0.469 e. The zero-order valence-corrected chi connectivity index (χ0v) is 18.4. The Labute approximate surface area is 182 Å². The Bertz CT molecular complexity index is 903. The molecule has 3 saturated heterocycles. The van der Waals surface area contributed by atoms with Crippen LogP contribution in [0.4, 0.5) is 5.69 Å². The number of methoxy groups -OCH3 is 2. The highest BCUT2D eigenvalue weighted by molar-refractivity contribution is 9.10. The van der Waals surface area contributed by atoms with Gasteiger partial charge in [0.1, 0.15) is 5.54 Å². The minimum absolute atomic E-state index is 0.301. The first-order valence-electron chi connectivity index (χ1n) is 9.92. The van der Waals surface area contributed by atoms with Crippen LogP contribution in [0.2, 0.25) is 0 Å². The smallest absolute Gasteiger partial charge is 0.327 e. The SMILES string of the molecule is COC(=O)C[C@]1(C(=O)OC)[C@@H]2C(=O)N(c3ccc(Br)cc3)C(=O)[C@@H]2[C@@H]2CCCCN21. The van der Waals surface area contributed by atoms with Gasteiger partial charge in [0.15, 0.2) is 0 Å². The second-order valence-electron chi connectivity index (χ2n) is 7.92. The molecule has 4 atom stereocenters. The van der Waals surface area contributed by atoms with Crippen LogP contribution in [0, 0.1) is 11.8 Å². The lowest BCUT2D eigenvalue weighted by Crippen LogP contribution is -2.61. The van der Waals surface area contributed by atoms with E-state index in [4.69, 9.17) is 9.47 Å². The topological polar surface area (TPSA) is 93.2 Å². The second kappa shape index (κ2) is 7.77. The number of halogens is 1. The molecule has 160 valence electrons. The zero-order chi connectivity index (χ0) is 21.6. The molecule has 2 amide bonds. The number of rotatable bonds is 4. The van der Waals surface area contributed by atoms with Crippen LogP contribution in [0.15, 0.2) is 28.7 Å². The molecule has 0 aliphatic carbocycles. The first-order valence-corrected chi connectivity index (χ1v) is 10.7. The zero-order valence-electron chi connectivity index (χ0n) is 16.8. The van der Waals surface area contributed by atoms with Gasteiger partial charge in [-0.05, 0) is 43.7 Å². The predicted octanol–water partition coefficient (Wildman–Crippen LogP) is 1.90. The number of piperidine rings is 1. The minimum atomic E-state index is -1.55. The molecule has 0 spiro atoms. The molecule has 0 bridgehead atoms. The normalized spacial score (nSPS) is 30.8. The summed E-state index contributed by atoms with van der Waals surface area (Å²) in [5.74, 6) is -3.80. The van der Waals surface area contributed by atoms with E-state index < -0.39 is 35.2 Å². The number of carbonyl (C=O) groups is 4. The van der Waals surface area contributed by atoms with Crippen LogP contribution in [0.5, 0.6) is 0 Å². The molecule has 0 radical (unpaired) electrons. The molecule has 3 heterocycles. The van der Waals surface area contributed by atoms with Crippen LogP contribution in [0.25, 0.3) is 0 Å². The number of carbonyl (C=O) groups excluding carboxylic acids is 4. The summed E-state index contributed by atoms with van der Waals surface area (Å²) >= 11 is 3.35. The van der Waals surface area contributed by atoms with E-state index in [9.17, 15) is 19.2 Å². The summed E-state index contributed by atoms with van der Waals surface area (Å²) in [4.78, 5) is 55.7. The fourth-order valence-corrected chi connectivity index (χ4v) is 5.69. The summed E-state index contributed by atoms with van der Waals surface area (Å²) in [5.41, 5.74) is -1.10. The van der Waals surface area contributed by atoms with E-state index in [0.29, 0.717) is 18.7 Å². The Hall–Kier alpha value is -2.26. The van der Waals surface area contributed by atoms with Crippen molar-refractivity contribution in [3.05, 3.63) is 28.7 Å². The fraction of sp³-hybridized carbons (Fsp3) is 0.524. The Morgan fingerprint density at radius 3 is 2.43 bits per heavy atom. The van der Waals surface area contributed by atoms with Crippen molar-refractivity contribution in [2.75, 3.05) is 25.7 Å².